The van der Waals surface area contributed by atoms with Crippen molar-refractivity contribution in [1.29, 1.82) is 0 Å². The van der Waals surface area contributed by atoms with E-state index in [1.165, 1.54) is 19.3 Å². The van der Waals surface area contributed by atoms with E-state index in [0.29, 0.717) is 24.4 Å². The van der Waals surface area contributed by atoms with Crippen LogP contribution in [0.2, 0.25) is 0 Å². The highest BCUT2D eigenvalue weighted by Crippen LogP contribution is 2.48. The molecule has 1 aromatic carbocycles. The molecule has 4 aliphatic rings. The summed E-state index contributed by atoms with van der Waals surface area (Å²) in [7, 11) is 0. The molecule has 2 saturated heterocycles. The molecule has 3 heterocycles. The number of piperidine rings is 1. The number of carbonyl (C=O) groups is 3. The number of carbonyl (C=O) groups excluding carboxylic acids is 3. The highest BCUT2D eigenvalue weighted by molar-refractivity contribution is 6.05. The summed E-state index contributed by atoms with van der Waals surface area (Å²) in [6.45, 7) is 4.12. The molecular formula is C22H28N4O3. The Balaban J connectivity index is 1.35. The van der Waals surface area contributed by atoms with Crippen LogP contribution < -0.4 is 11.1 Å². The zero-order valence-corrected chi connectivity index (χ0v) is 16.7. The number of likely N-dealkylation sites (tertiary alicyclic amines) is 1. The van der Waals surface area contributed by atoms with Gasteiger partial charge in [0.05, 0.1) is 0 Å². The molecule has 0 spiro atoms. The third kappa shape index (κ3) is 2.99. The van der Waals surface area contributed by atoms with Gasteiger partial charge in [0.2, 0.25) is 11.8 Å². The second-order valence-corrected chi connectivity index (χ2v) is 9.17. The van der Waals surface area contributed by atoms with Gasteiger partial charge in [0.25, 0.3) is 5.91 Å². The van der Waals surface area contributed by atoms with Crippen molar-refractivity contribution in [2.24, 2.45) is 17.1 Å². The predicted octanol–water partition coefficient (Wildman–Crippen LogP) is 1.01. The van der Waals surface area contributed by atoms with Crippen LogP contribution in [-0.4, -0.2) is 53.2 Å². The van der Waals surface area contributed by atoms with Gasteiger partial charge in [-0.25, -0.2) is 0 Å². The van der Waals surface area contributed by atoms with Crippen LogP contribution in [-0.2, 0) is 22.7 Å². The molecule has 0 radical (unpaired) electrons. The van der Waals surface area contributed by atoms with Crippen LogP contribution >= 0.6 is 0 Å². The van der Waals surface area contributed by atoms with Crippen molar-refractivity contribution >= 4 is 17.7 Å². The second-order valence-electron chi connectivity index (χ2n) is 9.17. The summed E-state index contributed by atoms with van der Waals surface area (Å²) in [5, 5.41) is 2.37. The average molecular weight is 396 g/mol. The zero-order chi connectivity index (χ0) is 20.2. The minimum Gasteiger partial charge on any atom is -0.330 e. The van der Waals surface area contributed by atoms with E-state index in [1.807, 2.05) is 12.1 Å². The van der Waals surface area contributed by atoms with Gasteiger partial charge in [-0.3, -0.25) is 24.6 Å². The van der Waals surface area contributed by atoms with Gasteiger partial charge in [-0.2, -0.15) is 0 Å². The number of rotatable bonds is 4. The summed E-state index contributed by atoms with van der Waals surface area (Å²) < 4.78 is 0. The first kappa shape index (κ1) is 18.8. The van der Waals surface area contributed by atoms with Crippen molar-refractivity contribution in [1.82, 2.24) is 15.1 Å². The van der Waals surface area contributed by atoms with Crippen molar-refractivity contribution < 1.29 is 14.4 Å². The molecule has 0 aromatic heterocycles. The number of amides is 3. The molecule has 29 heavy (non-hydrogen) atoms. The SMILES string of the molecule is NC[C@]12CCC[C@H]1CN(Cc1cccc3c1CN(C1CCC(=O)NC1=O)C3=O)C2. The van der Waals surface area contributed by atoms with Gasteiger partial charge in [-0.05, 0) is 54.3 Å². The molecule has 154 valence electrons. The smallest absolute Gasteiger partial charge is 0.255 e. The molecule has 3 aliphatic heterocycles. The molecule has 1 aliphatic carbocycles. The minimum atomic E-state index is -0.563. The van der Waals surface area contributed by atoms with Crippen molar-refractivity contribution in [3.05, 3.63) is 34.9 Å². The molecule has 3 fully saturated rings. The summed E-state index contributed by atoms with van der Waals surface area (Å²) in [4.78, 5) is 40.9. The Morgan fingerprint density at radius 3 is 2.83 bits per heavy atom. The fourth-order valence-corrected chi connectivity index (χ4v) is 6.02. The summed E-state index contributed by atoms with van der Waals surface area (Å²) in [5.74, 6) is -0.0374. The van der Waals surface area contributed by atoms with Crippen LogP contribution in [0, 0.1) is 11.3 Å². The van der Waals surface area contributed by atoms with Gasteiger partial charge in [-0.1, -0.05) is 18.6 Å². The largest absolute Gasteiger partial charge is 0.330 e. The van der Waals surface area contributed by atoms with E-state index >= 15 is 0 Å². The Morgan fingerprint density at radius 1 is 1.21 bits per heavy atom. The van der Waals surface area contributed by atoms with Crippen molar-refractivity contribution in [2.75, 3.05) is 19.6 Å². The number of nitrogens with zero attached hydrogens (tertiary/aromatic N) is 2. The molecular weight excluding hydrogens is 368 g/mol. The molecule has 5 rings (SSSR count). The van der Waals surface area contributed by atoms with Crippen LogP contribution in [0.15, 0.2) is 18.2 Å². The van der Waals surface area contributed by atoms with Gasteiger partial charge in [0.1, 0.15) is 6.04 Å². The van der Waals surface area contributed by atoms with Crippen LogP contribution in [0.1, 0.15) is 53.6 Å². The Kier molecular flexibility index (Phi) is 4.47. The lowest BCUT2D eigenvalue weighted by Crippen LogP contribution is -2.52. The number of imide groups is 1. The molecule has 7 nitrogen and oxygen atoms in total. The highest BCUT2D eigenvalue weighted by Gasteiger charge is 2.48. The van der Waals surface area contributed by atoms with E-state index in [9.17, 15) is 14.4 Å². The number of hydrogen-bond donors (Lipinski definition) is 2. The van der Waals surface area contributed by atoms with Crippen LogP contribution in [0.25, 0.3) is 0 Å². The number of benzene rings is 1. The summed E-state index contributed by atoms with van der Waals surface area (Å²) in [5.41, 5.74) is 9.32. The third-order valence-electron chi connectivity index (χ3n) is 7.59. The Hall–Kier alpha value is -2.25. The summed E-state index contributed by atoms with van der Waals surface area (Å²) in [6.07, 6.45) is 4.44. The standard InChI is InChI=1S/C22H28N4O3/c23-12-22-8-2-4-15(22)10-25(13-22)9-14-3-1-5-16-17(14)11-26(21(16)29)18-6-7-19(27)24-20(18)28/h1,3,5,15,18H,2,4,6-13,23H2,(H,24,27,28)/t15-,18?,22-/m0/s1. The van der Waals surface area contributed by atoms with Crippen LogP contribution in [0.4, 0.5) is 0 Å². The lowest BCUT2D eigenvalue weighted by atomic mass is 9.81. The van der Waals surface area contributed by atoms with Crippen molar-refractivity contribution in [3.8, 4) is 0 Å². The van der Waals surface area contributed by atoms with E-state index < -0.39 is 6.04 Å². The van der Waals surface area contributed by atoms with E-state index in [0.717, 1.165) is 37.3 Å². The predicted molar refractivity (Wildman–Crippen MR) is 107 cm³/mol. The van der Waals surface area contributed by atoms with Gasteiger partial charge in [0, 0.05) is 38.2 Å². The Morgan fingerprint density at radius 2 is 2.07 bits per heavy atom. The second kappa shape index (κ2) is 6.92. The number of nitrogens with one attached hydrogen (secondary N) is 1. The fourth-order valence-electron chi connectivity index (χ4n) is 6.02. The molecule has 0 bridgehead atoms. The maximum absolute atomic E-state index is 13.0. The maximum Gasteiger partial charge on any atom is 0.255 e. The van der Waals surface area contributed by atoms with Crippen molar-refractivity contribution in [2.45, 2.75) is 51.2 Å². The topological polar surface area (TPSA) is 95.7 Å². The average Bonchev–Trinajstić information content (AvgIpc) is 3.34. The summed E-state index contributed by atoms with van der Waals surface area (Å²) >= 11 is 0. The van der Waals surface area contributed by atoms with E-state index in [4.69, 9.17) is 5.73 Å². The molecule has 3 atom stereocenters. The van der Waals surface area contributed by atoms with E-state index in [2.05, 4.69) is 16.3 Å². The lowest BCUT2D eigenvalue weighted by Gasteiger charge is -2.29. The van der Waals surface area contributed by atoms with Crippen molar-refractivity contribution in [3.63, 3.8) is 0 Å². The maximum atomic E-state index is 13.0. The molecule has 3 N–H and O–H groups in total. The number of hydrogen-bond acceptors (Lipinski definition) is 5. The fraction of sp³-hybridized carbons (Fsp3) is 0.591. The highest BCUT2D eigenvalue weighted by atomic mass is 16.2. The van der Waals surface area contributed by atoms with Gasteiger partial charge >= 0.3 is 0 Å². The first-order valence-electron chi connectivity index (χ1n) is 10.7. The summed E-state index contributed by atoms with van der Waals surface area (Å²) in [6, 6.07) is 5.33. The first-order chi connectivity index (χ1) is 14.0. The molecule has 3 amide bonds. The van der Waals surface area contributed by atoms with Crippen LogP contribution in [0.3, 0.4) is 0 Å². The minimum absolute atomic E-state index is 0.104. The lowest BCUT2D eigenvalue weighted by molar-refractivity contribution is -0.136. The molecule has 7 heteroatoms. The van der Waals surface area contributed by atoms with Gasteiger partial charge < -0.3 is 10.6 Å². The number of nitrogens with two attached hydrogens (primary N) is 1. The van der Waals surface area contributed by atoms with E-state index in [1.54, 1.807) is 4.90 Å². The quantitative estimate of drug-likeness (QED) is 0.741. The third-order valence-corrected chi connectivity index (χ3v) is 7.59. The van der Waals surface area contributed by atoms with Gasteiger partial charge in [-0.15, -0.1) is 0 Å². The molecule has 1 aromatic rings. The normalized spacial score (nSPS) is 31.9. The Bertz CT molecular complexity index is 885. The zero-order valence-electron chi connectivity index (χ0n) is 16.7. The molecule has 1 saturated carbocycles. The number of fused-ring (bicyclic) bond motifs is 2. The monoisotopic (exact) mass is 396 g/mol. The first-order valence-corrected chi connectivity index (χ1v) is 10.7. The van der Waals surface area contributed by atoms with E-state index in [-0.39, 0.29) is 29.6 Å². The van der Waals surface area contributed by atoms with Crippen LogP contribution in [0.5, 0.6) is 0 Å². The molecule has 1 unspecified atom stereocenters. The van der Waals surface area contributed by atoms with Gasteiger partial charge in [0.15, 0.2) is 0 Å². The Labute approximate surface area is 170 Å².